The average molecular weight is 420 g/mol. The van der Waals surface area contributed by atoms with Gasteiger partial charge in [0.1, 0.15) is 5.75 Å². The molecule has 6 heteroatoms. The highest BCUT2D eigenvalue weighted by Crippen LogP contribution is 2.32. The summed E-state index contributed by atoms with van der Waals surface area (Å²) in [5.74, 6) is -0.161. The van der Waals surface area contributed by atoms with E-state index in [9.17, 15) is 9.90 Å². The average Bonchev–Trinajstić information content (AvgIpc) is 3.30. The van der Waals surface area contributed by atoms with Crippen molar-refractivity contribution in [1.82, 2.24) is 15.3 Å². The third-order valence-electron chi connectivity index (χ3n) is 6.22. The number of aromatic hydroxyl groups is 1. The molecule has 0 bridgehead atoms. The summed E-state index contributed by atoms with van der Waals surface area (Å²) in [5, 5.41) is 13.6. The van der Waals surface area contributed by atoms with Crippen LogP contribution in [0.2, 0.25) is 0 Å². The van der Waals surface area contributed by atoms with Crippen LogP contribution >= 0.6 is 0 Å². The number of amides is 1. The minimum Gasteiger partial charge on any atom is -0.507 e. The van der Waals surface area contributed by atoms with Crippen molar-refractivity contribution in [2.24, 2.45) is 0 Å². The summed E-state index contributed by atoms with van der Waals surface area (Å²) in [4.78, 5) is 20.1. The lowest BCUT2D eigenvalue weighted by Crippen LogP contribution is -2.38. The Morgan fingerprint density at radius 1 is 1.26 bits per heavy atom. The van der Waals surface area contributed by atoms with E-state index >= 15 is 0 Å². The smallest absolute Gasteiger partial charge is 0.255 e. The Kier molecular flexibility index (Phi) is 6.37. The van der Waals surface area contributed by atoms with Crippen molar-refractivity contribution >= 4 is 5.91 Å². The van der Waals surface area contributed by atoms with Gasteiger partial charge in [0.2, 0.25) is 0 Å². The van der Waals surface area contributed by atoms with Crippen LogP contribution in [0.3, 0.4) is 0 Å². The predicted octanol–water partition coefficient (Wildman–Crippen LogP) is 4.02. The second-order valence-corrected chi connectivity index (χ2v) is 8.26. The topological polar surface area (TPSA) is 87.2 Å². The third-order valence-corrected chi connectivity index (χ3v) is 6.22. The van der Waals surface area contributed by atoms with E-state index in [1.54, 1.807) is 18.5 Å². The number of rotatable bonds is 6. The maximum absolute atomic E-state index is 12.6. The second-order valence-electron chi connectivity index (χ2n) is 8.26. The minimum absolute atomic E-state index is 0.00591. The first-order valence-corrected chi connectivity index (χ1v) is 10.8. The van der Waals surface area contributed by atoms with Gasteiger partial charge in [-0.3, -0.25) is 4.79 Å². The van der Waals surface area contributed by atoms with E-state index in [2.05, 4.69) is 47.3 Å². The Bertz CT molecular complexity index is 1040. The number of carbonyl (C=O) groups is 1. The monoisotopic (exact) mass is 419 g/mol. The molecule has 31 heavy (non-hydrogen) atoms. The molecule has 0 saturated carbocycles. The molecule has 3 aromatic rings. The highest BCUT2D eigenvalue weighted by molar-refractivity contribution is 5.97. The zero-order chi connectivity index (χ0) is 21.8. The van der Waals surface area contributed by atoms with Crippen molar-refractivity contribution in [2.75, 3.05) is 13.2 Å². The molecule has 1 aromatic heterocycles. The van der Waals surface area contributed by atoms with Gasteiger partial charge < -0.3 is 20.1 Å². The molecule has 0 spiro atoms. The quantitative estimate of drug-likeness (QED) is 0.563. The number of phenolic OH excluding ortho intramolecular Hbond substituents is 1. The summed E-state index contributed by atoms with van der Waals surface area (Å²) in [6.45, 7) is 5.56. The van der Waals surface area contributed by atoms with E-state index < -0.39 is 0 Å². The molecule has 162 valence electrons. The van der Waals surface area contributed by atoms with E-state index in [0.717, 1.165) is 24.1 Å². The van der Waals surface area contributed by atoms with Gasteiger partial charge in [-0.25, -0.2) is 4.98 Å². The maximum atomic E-state index is 12.6. The number of aromatic amines is 1. The van der Waals surface area contributed by atoms with Crippen LogP contribution < -0.4 is 5.32 Å². The normalized spacial score (nSPS) is 15.5. The van der Waals surface area contributed by atoms with Crippen LogP contribution in [-0.4, -0.2) is 40.2 Å². The molecule has 2 heterocycles. The molecule has 2 aromatic carbocycles. The first-order chi connectivity index (χ1) is 15.0. The van der Waals surface area contributed by atoms with Gasteiger partial charge in [-0.05, 0) is 67.5 Å². The molecule has 0 radical (unpaired) electrons. The molecular formula is C25H29N3O3. The summed E-state index contributed by atoms with van der Waals surface area (Å²) < 4.78 is 5.34. The number of phenols is 1. The Morgan fingerprint density at radius 2 is 2.06 bits per heavy atom. The number of hydrogen-bond donors (Lipinski definition) is 3. The summed E-state index contributed by atoms with van der Waals surface area (Å²) in [7, 11) is 0. The van der Waals surface area contributed by atoms with Crippen molar-refractivity contribution < 1.29 is 14.6 Å². The van der Waals surface area contributed by atoms with Crippen LogP contribution in [0.5, 0.6) is 5.75 Å². The number of H-pyrrole nitrogens is 1. The van der Waals surface area contributed by atoms with Gasteiger partial charge in [0.05, 0.1) is 11.9 Å². The second kappa shape index (κ2) is 9.35. The van der Waals surface area contributed by atoms with Gasteiger partial charge >= 0.3 is 0 Å². The van der Waals surface area contributed by atoms with Gasteiger partial charge in [0.25, 0.3) is 5.91 Å². The Hall–Kier alpha value is -3.12. The molecule has 1 saturated heterocycles. The summed E-state index contributed by atoms with van der Waals surface area (Å²) in [6.07, 6.45) is 5.82. The van der Waals surface area contributed by atoms with Gasteiger partial charge in [-0.15, -0.1) is 0 Å². The lowest BCUT2D eigenvalue weighted by atomic mass is 9.85. The largest absolute Gasteiger partial charge is 0.507 e. The number of aryl methyl sites for hydroxylation is 1. The van der Waals surface area contributed by atoms with E-state index in [4.69, 9.17) is 4.74 Å². The predicted molar refractivity (Wildman–Crippen MR) is 119 cm³/mol. The lowest BCUT2D eigenvalue weighted by Gasteiger charge is -2.23. The lowest BCUT2D eigenvalue weighted by molar-refractivity contribution is 0.0695. The van der Waals surface area contributed by atoms with E-state index in [1.807, 2.05) is 12.3 Å². The van der Waals surface area contributed by atoms with Crippen molar-refractivity contribution in [3.05, 3.63) is 82.4 Å². The molecule has 0 aliphatic carbocycles. The van der Waals surface area contributed by atoms with Gasteiger partial charge in [0, 0.05) is 37.1 Å². The fourth-order valence-corrected chi connectivity index (χ4v) is 4.23. The molecule has 1 amide bonds. The number of imidazole rings is 1. The fourth-order valence-electron chi connectivity index (χ4n) is 4.23. The molecule has 6 nitrogen and oxygen atoms in total. The van der Waals surface area contributed by atoms with Crippen molar-refractivity contribution in [2.45, 2.75) is 45.1 Å². The third kappa shape index (κ3) is 4.80. The number of nitrogens with zero attached hydrogens (tertiary/aromatic N) is 1. The summed E-state index contributed by atoms with van der Waals surface area (Å²) >= 11 is 0. The number of ether oxygens (including phenoxy) is 1. The van der Waals surface area contributed by atoms with Crippen molar-refractivity contribution in [1.29, 1.82) is 0 Å². The van der Waals surface area contributed by atoms with Gasteiger partial charge in [0.15, 0.2) is 0 Å². The Balaban J connectivity index is 1.56. The van der Waals surface area contributed by atoms with Crippen LogP contribution in [0.25, 0.3) is 0 Å². The zero-order valence-corrected chi connectivity index (χ0v) is 18.0. The van der Waals surface area contributed by atoms with Crippen LogP contribution in [0, 0.1) is 13.8 Å². The van der Waals surface area contributed by atoms with Crippen molar-refractivity contribution in [3.8, 4) is 5.75 Å². The minimum atomic E-state index is -0.240. The highest BCUT2D eigenvalue weighted by atomic mass is 16.5. The molecule has 1 unspecified atom stereocenters. The molecule has 1 aliphatic heterocycles. The number of benzene rings is 2. The number of nitrogens with one attached hydrogen (secondary N) is 2. The first-order valence-electron chi connectivity index (χ1n) is 10.8. The Labute approximate surface area is 182 Å². The molecule has 1 atom stereocenters. The molecule has 1 aliphatic rings. The van der Waals surface area contributed by atoms with Crippen LogP contribution in [0.4, 0.5) is 0 Å². The molecule has 1 fully saturated rings. The zero-order valence-electron chi connectivity index (χ0n) is 18.0. The van der Waals surface area contributed by atoms with E-state index in [1.165, 1.54) is 16.7 Å². The van der Waals surface area contributed by atoms with Crippen LogP contribution in [0.1, 0.15) is 57.1 Å². The van der Waals surface area contributed by atoms with E-state index in [-0.39, 0.29) is 23.6 Å². The maximum Gasteiger partial charge on any atom is 0.255 e. The Morgan fingerprint density at radius 3 is 2.77 bits per heavy atom. The molecular weight excluding hydrogens is 390 g/mol. The summed E-state index contributed by atoms with van der Waals surface area (Å²) in [5.41, 5.74) is 6.00. The number of hydrogen-bond acceptors (Lipinski definition) is 4. The van der Waals surface area contributed by atoms with Crippen LogP contribution in [-0.2, 0) is 11.2 Å². The number of carbonyl (C=O) groups excluding carboxylic acids is 1. The molecule has 3 N–H and O–H groups in total. The highest BCUT2D eigenvalue weighted by Gasteiger charge is 2.22. The molecule has 4 rings (SSSR count). The van der Waals surface area contributed by atoms with Gasteiger partial charge in [-0.2, -0.15) is 0 Å². The van der Waals surface area contributed by atoms with Gasteiger partial charge in [-0.1, -0.05) is 24.3 Å². The van der Waals surface area contributed by atoms with E-state index in [0.29, 0.717) is 25.2 Å². The standard InChI is InChI=1S/C25H29N3O3/c1-16-4-3-5-20(17(16)2)22(23-14-26-15-27-23)12-18-6-7-21(24(29)13-18)25(30)28-19-8-10-31-11-9-19/h3-7,13-15,19,22,29H,8-12H2,1-2H3,(H,26,27)(H,28,30). The summed E-state index contributed by atoms with van der Waals surface area (Å²) in [6, 6.07) is 11.8. The van der Waals surface area contributed by atoms with Crippen LogP contribution in [0.15, 0.2) is 48.9 Å². The first kappa shape index (κ1) is 21.1. The van der Waals surface area contributed by atoms with Crippen molar-refractivity contribution in [3.63, 3.8) is 0 Å². The number of aromatic nitrogens is 2. The fraction of sp³-hybridized carbons (Fsp3) is 0.360. The SMILES string of the molecule is Cc1cccc(C(Cc2ccc(C(=O)NC3CCOCC3)c(O)c2)c2cnc[nH]2)c1C.